The van der Waals surface area contributed by atoms with E-state index in [-0.39, 0.29) is 39.8 Å². The van der Waals surface area contributed by atoms with Gasteiger partial charge in [-0.05, 0) is 65.2 Å². The molecule has 6 radical (unpaired) electrons. The van der Waals surface area contributed by atoms with Crippen molar-refractivity contribution in [1.29, 1.82) is 0 Å². The first-order valence-electron chi connectivity index (χ1n) is 14.1. The van der Waals surface area contributed by atoms with E-state index in [0.29, 0.717) is 45.8 Å². The van der Waals surface area contributed by atoms with Gasteiger partial charge in [0, 0.05) is 22.4 Å². The Morgan fingerprint density at radius 3 is 1.16 bits per heavy atom. The highest BCUT2D eigenvalue weighted by Crippen LogP contribution is 2.41. The Hall–Kier alpha value is -5.71. The molecule has 4 aromatic rings. The predicted molar refractivity (Wildman–Crippen MR) is 193 cm³/mol. The van der Waals surface area contributed by atoms with Gasteiger partial charge in [0.15, 0.2) is 46.0 Å². The average molecular weight is 670 g/mol. The van der Waals surface area contributed by atoms with E-state index in [1.54, 1.807) is 69.9 Å². The van der Waals surface area contributed by atoms with Crippen molar-refractivity contribution in [3.8, 4) is 63.2 Å². The van der Waals surface area contributed by atoms with E-state index in [9.17, 15) is 15.3 Å². The highest BCUT2D eigenvalue weighted by atomic mass is 16.5. The number of phenols is 3. The molecule has 11 nitrogen and oxygen atoms in total. The zero-order valence-corrected chi connectivity index (χ0v) is 28.8. The Balaban J connectivity index is 0.000000471. The minimum Gasteiger partial charge on any atom is -0.504 e. The quantitative estimate of drug-likeness (QED) is 0.0912. The lowest BCUT2D eigenvalue weighted by atomic mass is 10.1. The van der Waals surface area contributed by atoms with Gasteiger partial charge in [0.1, 0.15) is 0 Å². The molecular formula is C36H40B2O11. The summed E-state index contributed by atoms with van der Waals surface area (Å²) in [5.74, 6) is 3.47. The van der Waals surface area contributed by atoms with Crippen LogP contribution in [-0.4, -0.2) is 89.0 Å². The number of methoxy groups -OCH3 is 8. The Morgan fingerprint density at radius 2 is 0.776 bits per heavy atom. The lowest BCUT2D eigenvalue weighted by Crippen LogP contribution is -1.95. The molecule has 0 aliphatic rings. The summed E-state index contributed by atoms with van der Waals surface area (Å²) >= 11 is 0. The van der Waals surface area contributed by atoms with E-state index in [1.165, 1.54) is 35.5 Å². The number of rotatable bonds is 12. The number of aromatic hydroxyl groups is 3. The van der Waals surface area contributed by atoms with Crippen LogP contribution in [-0.2, 0) is 0 Å². The molecule has 0 heterocycles. The van der Waals surface area contributed by atoms with Gasteiger partial charge >= 0.3 is 0 Å². The normalized spacial score (nSPS) is 10.2. The lowest BCUT2D eigenvalue weighted by Gasteiger charge is -2.13. The second-order valence-electron chi connectivity index (χ2n) is 9.57. The Labute approximate surface area is 291 Å². The van der Waals surface area contributed by atoms with Crippen LogP contribution in [0.1, 0.15) is 22.3 Å². The van der Waals surface area contributed by atoms with Crippen LogP contribution in [0.15, 0.2) is 54.6 Å². The van der Waals surface area contributed by atoms with Crippen molar-refractivity contribution in [3.05, 3.63) is 76.9 Å². The molecule has 0 bridgehead atoms. The van der Waals surface area contributed by atoms with E-state index in [1.807, 2.05) is 30.4 Å². The van der Waals surface area contributed by atoms with Gasteiger partial charge in [-0.2, -0.15) is 0 Å². The molecule has 49 heavy (non-hydrogen) atoms. The van der Waals surface area contributed by atoms with Crippen LogP contribution in [0.4, 0.5) is 0 Å². The van der Waals surface area contributed by atoms with Crippen LogP contribution in [0, 0.1) is 0 Å². The molecule has 0 atom stereocenters. The molecule has 0 aliphatic carbocycles. The minimum atomic E-state index is -0.301. The van der Waals surface area contributed by atoms with Crippen LogP contribution in [0.2, 0.25) is 0 Å². The number of hydrogen-bond donors (Lipinski definition) is 3. The van der Waals surface area contributed by atoms with E-state index >= 15 is 0 Å². The summed E-state index contributed by atoms with van der Waals surface area (Å²) in [6.45, 7) is 0. The number of benzene rings is 4. The van der Waals surface area contributed by atoms with Crippen molar-refractivity contribution < 1.29 is 53.2 Å². The summed E-state index contributed by atoms with van der Waals surface area (Å²) in [5, 5.41) is 29.7. The minimum absolute atomic E-state index is 0. The van der Waals surface area contributed by atoms with Gasteiger partial charge in [0.05, 0.1) is 56.9 Å². The van der Waals surface area contributed by atoms with Gasteiger partial charge in [0.25, 0.3) is 0 Å². The molecule has 0 unspecified atom stereocenters. The summed E-state index contributed by atoms with van der Waals surface area (Å²) in [6, 6.07) is 15.7. The van der Waals surface area contributed by atoms with Gasteiger partial charge in [-0.1, -0.05) is 30.4 Å². The van der Waals surface area contributed by atoms with Crippen molar-refractivity contribution in [3.63, 3.8) is 0 Å². The first-order chi connectivity index (χ1) is 22.7. The van der Waals surface area contributed by atoms with Crippen molar-refractivity contribution in [1.82, 2.24) is 0 Å². The third-order valence-corrected chi connectivity index (χ3v) is 6.87. The van der Waals surface area contributed by atoms with E-state index < -0.39 is 0 Å². The molecule has 0 saturated heterocycles. The standard InChI is InChI=1S/C18H20O6.C18H20O5.2B/c1-21-13-8-7-12(16(19)17(13)20)6-5-11-9-14(22-2)18(24-4)15(10-11)23-3;1-20-15-8-7-12(9-14(15)19)5-6-13-10-16(21-2)18(23-4)17(11-13)22-3;;/h5-10,19-20H,1-4H3;5-11,19H,1-4H3;;/b2*6-5-;;. The first-order valence-corrected chi connectivity index (χ1v) is 14.1. The second kappa shape index (κ2) is 19.8. The molecule has 0 saturated carbocycles. The average Bonchev–Trinajstić information content (AvgIpc) is 3.10. The third kappa shape index (κ3) is 10.1. The molecule has 0 spiro atoms. The summed E-state index contributed by atoms with van der Waals surface area (Å²) in [7, 11) is 12.3. The molecule has 4 aromatic carbocycles. The number of ether oxygens (including phenoxy) is 8. The maximum Gasteiger partial charge on any atom is 0.203 e. The van der Waals surface area contributed by atoms with Crippen molar-refractivity contribution >= 4 is 41.1 Å². The summed E-state index contributed by atoms with van der Waals surface area (Å²) in [5.41, 5.74) is 2.95. The SMILES string of the molecule is COc1ccc(/C=C\c2cc(OC)c(OC)c(OC)c2)c(O)c1O.COc1ccc(/C=C\c2cc(OC)c(OC)c(OC)c2)cc1O.[B].[B]. The fraction of sp³-hybridized carbons (Fsp3) is 0.222. The fourth-order valence-corrected chi connectivity index (χ4v) is 4.46. The molecule has 0 aromatic heterocycles. The van der Waals surface area contributed by atoms with Crippen molar-refractivity contribution in [2.75, 3.05) is 56.9 Å². The Morgan fingerprint density at radius 1 is 0.388 bits per heavy atom. The first kappa shape index (κ1) is 41.3. The van der Waals surface area contributed by atoms with Crippen LogP contribution < -0.4 is 37.9 Å². The highest BCUT2D eigenvalue weighted by molar-refractivity contribution is 5.77. The molecule has 4 rings (SSSR count). The monoisotopic (exact) mass is 670 g/mol. The van der Waals surface area contributed by atoms with Gasteiger partial charge in [-0.25, -0.2) is 0 Å². The van der Waals surface area contributed by atoms with Crippen LogP contribution >= 0.6 is 0 Å². The Kier molecular flexibility index (Phi) is 16.7. The maximum atomic E-state index is 10.0. The van der Waals surface area contributed by atoms with Crippen molar-refractivity contribution in [2.24, 2.45) is 0 Å². The topological polar surface area (TPSA) is 135 Å². The molecular weight excluding hydrogens is 630 g/mol. The largest absolute Gasteiger partial charge is 0.504 e. The Bertz CT molecular complexity index is 1670. The molecule has 3 N–H and O–H groups in total. The van der Waals surface area contributed by atoms with Crippen LogP contribution in [0.3, 0.4) is 0 Å². The second-order valence-corrected chi connectivity index (χ2v) is 9.57. The summed E-state index contributed by atoms with van der Waals surface area (Å²) in [6.07, 6.45) is 7.19. The van der Waals surface area contributed by atoms with Gasteiger partial charge in [-0.3, -0.25) is 0 Å². The van der Waals surface area contributed by atoms with E-state index in [0.717, 1.165) is 16.7 Å². The van der Waals surface area contributed by atoms with Gasteiger partial charge in [0.2, 0.25) is 17.2 Å². The van der Waals surface area contributed by atoms with Gasteiger partial charge in [-0.15, -0.1) is 0 Å². The van der Waals surface area contributed by atoms with E-state index in [4.69, 9.17) is 37.9 Å². The predicted octanol–water partition coefficient (Wildman–Crippen LogP) is 6.14. The zero-order chi connectivity index (χ0) is 34.5. The fourth-order valence-electron chi connectivity index (χ4n) is 4.46. The lowest BCUT2D eigenvalue weighted by molar-refractivity contribution is 0.324. The smallest absolute Gasteiger partial charge is 0.203 e. The van der Waals surface area contributed by atoms with Crippen LogP contribution in [0.25, 0.3) is 24.3 Å². The zero-order valence-electron chi connectivity index (χ0n) is 28.8. The summed E-state index contributed by atoms with van der Waals surface area (Å²) in [4.78, 5) is 0. The number of phenolic OH excluding ortho intramolecular Hbond substituents is 3. The maximum absolute atomic E-state index is 10.0. The van der Waals surface area contributed by atoms with Crippen LogP contribution in [0.5, 0.6) is 63.2 Å². The van der Waals surface area contributed by atoms with Crippen molar-refractivity contribution in [2.45, 2.75) is 0 Å². The number of hydrogen-bond acceptors (Lipinski definition) is 11. The molecule has 0 amide bonds. The molecule has 13 heteroatoms. The highest BCUT2D eigenvalue weighted by Gasteiger charge is 2.14. The molecule has 256 valence electrons. The third-order valence-electron chi connectivity index (χ3n) is 6.87. The molecule has 0 fully saturated rings. The summed E-state index contributed by atoms with van der Waals surface area (Å²) < 4.78 is 41.8. The molecule has 0 aliphatic heterocycles. The van der Waals surface area contributed by atoms with E-state index in [2.05, 4.69) is 0 Å². The van der Waals surface area contributed by atoms with Gasteiger partial charge < -0.3 is 53.2 Å².